The van der Waals surface area contributed by atoms with Gasteiger partial charge in [-0.3, -0.25) is 4.98 Å². The number of hydrogen-bond donors (Lipinski definition) is 1. The van der Waals surface area contributed by atoms with Crippen molar-refractivity contribution in [3.63, 3.8) is 0 Å². The molecule has 1 atom stereocenters. The maximum Gasteiger partial charge on any atom is 0.180 e. The summed E-state index contributed by atoms with van der Waals surface area (Å²) in [5.41, 5.74) is 0.534. The van der Waals surface area contributed by atoms with E-state index in [9.17, 15) is 8.42 Å². The summed E-state index contributed by atoms with van der Waals surface area (Å²) in [6.45, 7) is 1.63. The minimum absolute atomic E-state index is 0.0711. The normalized spacial score (nSPS) is 19.2. The van der Waals surface area contributed by atoms with E-state index >= 15 is 0 Å². The minimum Gasteiger partial charge on any atom is -0.378 e. The third-order valence-electron chi connectivity index (χ3n) is 2.66. The molecule has 0 amide bonds. The average molecular weight is 329 g/mol. The molecule has 0 spiro atoms. The Labute approximate surface area is 115 Å². The highest BCUT2D eigenvalue weighted by atomic mass is 79.9. The summed E-state index contributed by atoms with van der Waals surface area (Å²) in [6, 6.07) is 3.03. The highest BCUT2D eigenvalue weighted by Gasteiger charge is 2.22. The van der Waals surface area contributed by atoms with E-state index in [1.807, 2.05) is 12.2 Å². The quantitative estimate of drug-likeness (QED) is 0.925. The van der Waals surface area contributed by atoms with Crippen LogP contribution in [0.15, 0.2) is 46.1 Å². The number of pyridine rings is 1. The molecule has 0 radical (unpaired) electrons. The number of nitrogens with zero attached hydrogens (tertiary/aromatic N) is 1. The zero-order valence-electron chi connectivity index (χ0n) is 9.80. The van der Waals surface area contributed by atoms with Crippen LogP contribution in [0.2, 0.25) is 0 Å². The summed E-state index contributed by atoms with van der Waals surface area (Å²) in [5, 5.41) is 3.10. The van der Waals surface area contributed by atoms with Crippen molar-refractivity contribution >= 4 is 25.8 Å². The molecule has 1 unspecified atom stereocenters. The van der Waals surface area contributed by atoms with Crippen molar-refractivity contribution in [2.75, 3.05) is 5.75 Å². The van der Waals surface area contributed by atoms with Crippen molar-refractivity contribution < 1.29 is 8.42 Å². The Kier molecular flexibility index (Phi) is 3.87. The molecule has 6 heteroatoms. The fourth-order valence-corrected chi connectivity index (χ4v) is 3.07. The van der Waals surface area contributed by atoms with Crippen molar-refractivity contribution in [3.8, 4) is 0 Å². The van der Waals surface area contributed by atoms with E-state index in [0.717, 1.165) is 4.48 Å². The number of allylic oxidation sites excluding steroid dienone is 2. The number of halogens is 1. The predicted octanol–water partition coefficient (Wildman–Crippen LogP) is 2.31. The van der Waals surface area contributed by atoms with Crippen LogP contribution in [0.25, 0.3) is 0 Å². The molecule has 2 rings (SSSR count). The second-order valence-corrected chi connectivity index (χ2v) is 6.99. The minimum atomic E-state index is -3.26. The van der Waals surface area contributed by atoms with Crippen molar-refractivity contribution in [2.45, 2.75) is 17.9 Å². The standard InChI is InChI=1S/C12H13BrN2O2S/c1-2-18(16,17)11-4-3-7-14-12(11)10-6-5-9(13)8-15-10/h3-8,10,15H,2H2,1H3. The van der Waals surface area contributed by atoms with Crippen LogP contribution in [-0.2, 0) is 9.84 Å². The summed E-state index contributed by atoms with van der Waals surface area (Å²) in [6.07, 6.45) is 7.13. The first-order chi connectivity index (χ1) is 8.54. The van der Waals surface area contributed by atoms with E-state index in [-0.39, 0.29) is 11.8 Å². The summed E-state index contributed by atoms with van der Waals surface area (Å²) in [4.78, 5) is 4.50. The molecule has 0 aromatic carbocycles. The number of dihydropyridines is 1. The van der Waals surface area contributed by atoms with Gasteiger partial charge in [0, 0.05) is 16.9 Å². The van der Waals surface area contributed by atoms with Gasteiger partial charge >= 0.3 is 0 Å². The van der Waals surface area contributed by atoms with Crippen LogP contribution in [0, 0.1) is 0 Å². The Morgan fingerprint density at radius 2 is 2.28 bits per heavy atom. The summed E-state index contributed by atoms with van der Waals surface area (Å²) in [7, 11) is -3.26. The van der Waals surface area contributed by atoms with Gasteiger partial charge in [-0.1, -0.05) is 13.0 Å². The lowest BCUT2D eigenvalue weighted by Crippen LogP contribution is -2.20. The largest absolute Gasteiger partial charge is 0.378 e. The Morgan fingerprint density at radius 1 is 1.50 bits per heavy atom. The van der Waals surface area contributed by atoms with Gasteiger partial charge in [0.15, 0.2) is 9.84 Å². The molecule has 0 saturated heterocycles. The van der Waals surface area contributed by atoms with E-state index in [4.69, 9.17) is 0 Å². The average Bonchev–Trinajstić information content (AvgIpc) is 2.40. The molecule has 18 heavy (non-hydrogen) atoms. The van der Waals surface area contributed by atoms with Crippen LogP contribution in [0.5, 0.6) is 0 Å². The fourth-order valence-electron chi connectivity index (χ4n) is 1.69. The molecule has 96 valence electrons. The summed E-state index contributed by atoms with van der Waals surface area (Å²) < 4.78 is 24.9. The molecule has 1 aromatic rings. The molecule has 0 fully saturated rings. The molecule has 4 nitrogen and oxygen atoms in total. The zero-order chi connectivity index (χ0) is 13.2. The fraction of sp³-hybridized carbons (Fsp3) is 0.250. The molecule has 1 N–H and O–H groups in total. The molecule has 1 aliphatic heterocycles. The Hall–Kier alpha value is -1.14. The van der Waals surface area contributed by atoms with Crippen LogP contribution < -0.4 is 5.32 Å². The van der Waals surface area contributed by atoms with Crippen molar-refractivity contribution in [1.29, 1.82) is 0 Å². The highest BCUT2D eigenvalue weighted by molar-refractivity contribution is 9.11. The smallest absolute Gasteiger partial charge is 0.180 e. The van der Waals surface area contributed by atoms with Crippen LogP contribution in [0.4, 0.5) is 0 Å². The van der Waals surface area contributed by atoms with E-state index in [1.54, 1.807) is 31.5 Å². The van der Waals surface area contributed by atoms with Gasteiger partial charge in [0.2, 0.25) is 0 Å². The lowest BCUT2D eigenvalue weighted by Gasteiger charge is -2.19. The highest BCUT2D eigenvalue weighted by Crippen LogP contribution is 2.25. The zero-order valence-corrected chi connectivity index (χ0v) is 12.2. The maximum absolute atomic E-state index is 12.0. The molecule has 1 aromatic heterocycles. The lowest BCUT2D eigenvalue weighted by atomic mass is 10.1. The van der Waals surface area contributed by atoms with Gasteiger partial charge in [-0.2, -0.15) is 0 Å². The molecule has 0 bridgehead atoms. The SMILES string of the molecule is CCS(=O)(=O)c1cccnc1C1C=CC(Br)=CN1. The van der Waals surface area contributed by atoms with Crippen LogP contribution in [0.1, 0.15) is 18.7 Å². The molecular formula is C12H13BrN2O2S. The first-order valence-electron chi connectivity index (χ1n) is 5.52. The number of aromatic nitrogens is 1. The number of nitrogens with one attached hydrogen (secondary N) is 1. The van der Waals surface area contributed by atoms with Crippen molar-refractivity contribution in [1.82, 2.24) is 10.3 Å². The lowest BCUT2D eigenvalue weighted by molar-refractivity contribution is 0.592. The van der Waals surface area contributed by atoms with E-state index in [2.05, 4.69) is 26.2 Å². The summed E-state index contributed by atoms with van der Waals surface area (Å²) in [5.74, 6) is 0.0711. The summed E-state index contributed by atoms with van der Waals surface area (Å²) >= 11 is 3.33. The van der Waals surface area contributed by atoms with Gasteiger partial charge in [0.25, 0.3) is 0 Å². The maximum atomic E-state index is 12.0. The molecule has 2 heterocycles. The topological polar surface area (TPSA) is 59.1 Å². The Bertz CT molecular complexity index is 608. The van der Waals surface area contributed by atoms with Gasteiger partial charge in [-0.15, -0.1) is 0 Å². The Morgan fingerprint density at radius 3 is 2.89 bits per heavy atom. The molecule has 1 aliphatic rings. The van der Waals surface area contributed by atoms with Gasteiger partial charge < -0.3 is 5.32 Å². The number of sulfone groups is 1. The van der Waals surface area contributed by atoms with Crippen LogP contribution >= 0.6 is 15.9 Å². The predicted molar refractivity (Wildman–Crippen MR) is 74.0 cm³/mol. The van der Waals surface area contributed by atoms with Gasteiger partial charge in [0.05, 0.1) is 22.4 Å². The molecule has 0 saturated carbocycles. The first-order valence-corrected chi connectivity index (χ1v) is 7.96. The van der Waals surface area contributed by atoms with Crippen LogP contribution in [0.3, 0.4) is 0 Å². The van der Waals surface area contributed by atoms with Gasteiger partial charge in [-0.05, 0) is 34.1 Å². The van der Waals surface area contributed by atoms with Gasteiger partial charge in [0.1, 0.15) is 0 Å². The van der Waals surface area contributed by atoms with Crippen molar-refractivity contribution in [3.05, 3.63) is 46.9 Å². The molecule has 0 aliphatic carbocycles. The second-order valence-electron chi connectivity index (χ2n) is 3.82. The third kappa shape index (κ3) is 2.64. The molecular weight excluding hydrogens is 316 g/mol. The third-order valence-corrected chi connectivity index (χ3v) is 4.93. The first kappa shape index (κ1) is 13.3. The monoisotopic (exact) mass is 328 g/mol. The van der Waals surface area contributed by atoms with E-state index in [1.165, 1.54) is 0 Å². The van der Waals surface area contributed by atoms with Crippen LogP contribution in [-0.4, -0.2) is 19.2 Å². The Balaban J connectivity index is 2.44. The second kappa shape index (κ2) is 5.24. The van der Waals surface area contributed by atoms with Crippen molar-refractivity contribution in [2.24, 2.45) is 0 Å². The van der Waals surface area contributed by atoms with E-state index in [0.29, 0.717) is 10.6 Å². The number of rotatable bonds is 3. The van der Waals surface area contributed by atoms with E-state index < -0.39 is 9.84 Å². The van der Waals surface area contributed by atoms with Gasteiger partial charge in [-0.25, -0.2) is 8.42 Å². The number of hydrogen-bond acceptors (Lipinski definition) is 4.